The van der Waals surface area contributed by atoms with E-state index in [1.165, 1.54) is 35.5 Å². The first kappa shape index (κ1) is 18.4. The van der Waals surface area contributed by atoms with Crippen molar-refractivity contribution < 1.29 is 9.50 Å². The minimum absolute atomic E-state index is 0.285. The standard InChI is InChI=1S/C17H19FN4O3S/c1-10(23)9-26-16-19-14-13(15(24)21(3)17(25)20(14)2)22(16)8-11-4-6-12(18)7-5-11/h4-7,10,23H,8-9H2,1-3H3/t10-/m0/s1. The first-order valence-corrected chi connectivity index (χ1v) is 8.99. The van der Waals surface area contributed by atoms with E-state index in [1.54, 1.807) is 30.7 Å². The fourth-order valence-electron chi connectivity index (χ4n) is 2.65. The van der Waals surface area contributed by atoms with Crippen molar-refractivity contribution in [2.75, 3.05) is 5.75 Å². The first-order chi connectivity index (χ1) is 12.3. The predicted molar refractivity (Wildman–Crippen MR) is 98.1 cm³/mol. The van der Waals surface area contributed by atoms with E-state index >= 15 is 0 Å². The number of fused-ring (bicyclic) bond motifs is 1. The largest absolute Gasteiger partial charge is 0.393 e. The molecule has 1 aromatic carbocycles. The third kappa shape index (κ3) is 3.32. The van der Waals surface area contributed by atoms with Crippen molar-refractivity contribution in [3.05, 3.63) is 56.5 Å². The van der Waals surface area contributed by atoms with E-state index in [4.69, 9.17) is 0 Å². The van der Waals surface area contributed by atoms with Crippen LogP contribution in [0.3, 0.4) is 0 Å². The molecule has 2 heterocycles. The van der Waals surface area contributed by atoms with Crippen molar-refractivity contribution in [2.45, 2.75) is 24.7 Å². The van der Waals surface area contributed by atoms with Gasteiger partial charge in [0.05, 0.1) is 12.6 Å². The van der Waals surface area contributed by atoms with E-state index in [2.05, 4.69) is 4.98 Å². The number of aryl methyl sites for hydroxylation is 1. The maximum Gasteiger partial charge on any atom is 0.332 e. The summed E-state index contributed by atoms with van der Waals surface area (Å²) in [5.74, 6) is 0.0485. The summed E-state index contributed by atoms with van der Waals surface area (Å²) in [6.07, 6.45) is -0.550. The Bertz CT molecular complexity index is 1070. The van der Waals surface area contributed by atoms with Crippen LogP contribution in [0.15, 0.2) is 39.0 Å². The number of aliphatic hydroxyl groups excluding tert-OH is 1. The third-order valence-corrected chi connectivity index (χ3v) is 5.24. The van der Waals surface area contributed by atoms with Crippen LogP contribution in [-0.4, -0.2) is 35.6 Å². The summed E-state index contributed by atoms with van der Waals surface area (Å²) in [7, 11) is 2.98. The van der Waals surface area contributed by atoms with E-state index in [0.717, 1.165) is 10.1 Å². The number of rotatable bonds is 5. The molecule has 7 nitrogen and oxygen atoms in total. The van der Waals surface area contributed by atoms with E-state index in [1.807, 2.05) is 0 Å². The van der Waals surface area contributed by atoms with Gasteiger partial charge in [-0.3, -0.25) is 13.9 Å². The van der Waals surface area contributed by atoms with Crippen LogP contribution < -0.4 is 11.2 Å². The number of hydrogen-bond donors (Lipinski definition) is 1. The second-order valence-corrected chi connectivity index (χ2v) is 7.13. The molecule has 0 saturated carbocycles. The lowest BCUT2D eigenvalue weighted by Crippen LogP contribution is -2.37. The zero-order valence-electron chi connectivity index (χ0n) is 14.6. The summed E-state index contributed by atoms with van der Waals surface area (Å²) in [5, 5.41) is 10.1. The molecule has 1 atom stereocenters. The van der Waals surface area contributed by atoms with Crippen LogP contribution in [0.1, 0.15) is 12.5 Å². The van der Waals surface area contributed by atoms with Crippen molar-refractivity contribution in [3.8, 4) is 0 Å². The highest BCUT2D eigenvalue weighted by Crippen LogP contribution is 2.23. The van der Waals surface area contributed by atoms with Gasteiger partial charge in [-0.2, -0.15) is 0 Å². The van der Waals surface area contributed by atoms with E-state index < -0.39 is 17.4 Å². The quantitative estimate of drug-likeness (QED) is 0.672. The lowest BCUT2D eigenvalue weighted by molar-refractivity contribution is 0.220. The van der Waals surface area contributed by atoms with Gasteiger partial charge in [-0.05, 0) is 24.6 Å². The normalized spacial score (nSPS) is 12.7. The molecule has 3 aromatic rings. The van der Waals surface area contributed by atoms with Gasteiger partial charge in [-0.15, -0.1) is 0 Å². The number of halogens is 1. The van der Waals surface area contributed by atoms with Crippen molar-refractivity contribution in [1.29, 1.82) is 0 Å². The van der Waals surface area contributed by atoms with Crippen LogP contribution in [0.25, 0.3) is 11.2 Å². The van der Waals surface area contributed by atoms with Gasteiger partial charge in [0.1, 0.15) is 5.82 Å². The van der Waals surface area contributed by atoms with E-state index in [0.29, 0.717) is 23.0 Å². The molecule has 0 radical (unpaired) electrons. The van der Waals surface area contributed by atoms with Gasteiger partial charge in [0.15, 0.2) is 16.3 Å². The molecule has 3 rings (SSSR count). The average Bonchev–Trinajstić information content (AvgIpc) is 2.96. The maximum atomic E-state index is 13.2. The third-order valence-electron chi connectivity index (χ3n) is 4.02. The Hall–Kier alpha value is -2.39. The molecule has 0 aliphatic rings. The lowest BCUT2D eigenvalue weighted by atomic mass is 10.2. The van der Waals surface area contributed by atoms with Gasteiger partial charge in [0, 0.05) is 19.8 Å². The Kier molecular flexibility index (Phi) is 5.01. The number of benzene rings is 1. The number of aromatic nitrogens is 4. The molecule has 2 aromatic heterocycles. The Morgan fingerprint density at radius 3 is 2.46 bits per heavy atom. The first-order valence-electron chi connectivity index (χ1n) is 8.01. The molecule has 138 valence electrons. The van der Waals surface area contributed by atoms with Crippen molar-refractivity contribution >= 4 is 22.9 Å². The van der Waals surface area contributed by atoms with Crippen LogP contribution in [-0.2, 0) is 20.6 Å². The molecular formula is C17H19FN4O3S. The van der Waals surface area contributed by atoms with Gasteiger partial charge in [-0.25, -0.2) is 14.2 Å². The van der Waals surface area contributed by atoms with Crippen LogP contribution in [0.4, 0.5) is 4.39 Å². The summed E-state index contributed by atoms with van der Waals surface area (Å²) in [6.45, 7) is 1.96. The monoisotopic (exact) mass is 378 g/mol. The molecule has 0 unspecified atom stereocenters. The van der Waals surface area contributed by atoms with E-state index in [-0.39, 0.29) is 11.5 Å². The minimum atomic E-state index is -0.550. The molecule has 1 N–H and O–H groups in total. The summed E-state index contributed by atoms with van der Waals surface area (Å²) < 4.78 is 17.2. The SMILES string of the molecule is C[C@H](O)CSc1nc2c(c(=O)n(C)c(=O)n2C)n1Cc1ccc(F)cc1. The highest BCUT2D eigenvalue weighted by Gasteiger charge is 2.20. The molecule has 26 heavy (non-hydrogen) atoms. The smallest absolute Gasteiger partial charge is 0.332 e. The van der Waals surface area contributed by atoms with E-state index in [9.17, 15) is 19.1 Å². The number of aliphatic hydroxyl groups is 1. The van der Waals surface area contributed by atoms with Gasteiger partial charge < -0.3 is 9.67 Å². The summed E-state index contributed by atoms with van der Waals surface area (Å²) in [4.78, 5) is 29.3. The summed E-state index contributed by atoms with van der Waals surface area (Å²) in [5.41, 5.74) is 0.475. The molecule has 0 fully saturated rings. The molecule has 0 amide bonds. The van der Waals surface area contributed by atoms with Crippen LogP contribution in [0, 0.1) is 5.82 Å². The average molecular weight is 378 g/mol. The van der Waals surface area contributed by atoms with Crippen molar-refractivity contribution in [2.24, 2.45) is 14.1 Å². The van der Waals surface area contributed by atoms with Gasteiger partial charge >= 0.3 is 5.69 Å². The van der Waals surface area contributed by atoms with Gasteiger partial charge in [0.2, 0.25) is 0 Å². The van der Waals surface area contributed by atoms with Crippen LogP contribution >= 0.6 is 11.8 Å². The van der Waals surface area contributed by atoms with Gasteiger partial charge in [0.25, 0.3) is 5.56 Å². The summed E-state index contributed by atoms with van der Waals surface area (Å²) >= 11 is 1.30. The Labute approximate surface area is 152 Å². The maximum absolute atomic E-state index is 13.2. The predicted octanol–water partition coefficient (Wildman–Crippen LogP) is 1.09. The fraction of sp³-hybridized carbons (Fsp3) is 0.353. The zero-order valence-corrected chi connectivity index (χ0v) is 15.5. The molecule has 0 saturated heterocycles. The van der Waals surface area contributed by atoms with Crippen molar-refractivity contribution in [3.63, 3.8) is 0 Å². The second-order valence-electron chi connectivity index (χ2n) is 6.14. The number of thioether (sulfide) groups is 1. The molecule has 0 bridgehead atoms. The lowest BCUT2D eigenvalue weighted by Gasteiger charge is -2.10. The minimum Gasteiger partial charge on any atom is -0.393 e. The van der Waals surface area contributed by atoms with Crippen molar-refractivity contribution in [1.82, 2.24) is 18.7 Å². The Morgan fingerprint density at radius 1 is 1.19 bits per heavy atom. The molecule has 9 heteroatoms. The topological polar surface area (TPSA) is 82.1 Å². The van der Waals surface area contributed by atoms with Gasteiger partial charge in [-0.1, -0.05) is 23.9 Å². The zero-order chi connectivity index (χ0) is 19.0. The van der Waals surface area contributed by atoms with Crippen LogP contribution in [0.5, 0.6) is 0 Å². The van der Waals surface area contributed by atoms with Crippen LogP contribution in [0.2, 0.25) is 0 Å². The molecular weight excluding hydrogens is 359 g/mol. The summed E-state index contributed by atoms with van der Waals surface area (Å²) in [6, 6.07) is 5.98. The number of imidazole rings is 1. The number of hydrogen-bond acceptors (Lipinski definition) is 5. The Morgan fingerprint density at radius 2 is 1.85 bits per heavy atom. The second kappa shape index (κ2) is 7.08. The fourth-order valence-corrected chi connectivity index (χ4v) is 3.50. The molecule has 0 aliphatic carbocycles. The number of nitrogens with zero attached hydrogens (tertiary/aromatic N) is 4. The molecule has 0 spiro atoms. The Balaban J connectivity index is 2.22. The highest BCUT2D eigenvalue weighted by molar-refractivity contribution is 7.99. The molecule has 0 aliphatic heterocycles. The highest BCUT2D eigenvalue weighted by atomic mass is 32.2.